The Hall–Kier alpha value is -3.75. The van der Waals surface area contributed by atoms with E-state index >= 15 is 0 Å². The Morgan fingerprint density at radius 2 is 1.71 bits per heavy atom. The number of H-pyrrole nitrogens is 2. The number of benzene rings is 1. The molecule has 0 aliphatic rings. The Kier molecular flexibility index (Phi) is 4.96. The summed E-state index contributed by atoms with van der Waals surface area (Å²) in [5.74, 6) is 0.797. The van der Waals surface area contributed by atoms with Crippen molar-refractivity contribution in [2.45, 2.75) is 13.8 Å². The highest BCUT2D eigenvalue weighted by atomic mass is 16.5. The number of aryl methyl sites for hydroxylation is 2. The first-order chi connectivity index (χ1) is 13.7. The fourth-order valence-electron chi connectivity index (χ4n) is 2.96. The highest BCUT2D eigenvalue weighted by Gasteiger charge is 2.03. The molecule has 0 saturated heterocycles. The van der Waals surface area contributed by atoms with Crippen molar-refractivity contribution in [3.8, 4) is 0 Å². The minimum absolute atomic E-state index is 0.797. The second-order valence-corrected chi connectivity index (χ2v) is 6.61. The van der Waals surface area contributed by atoms with Crippen LogP contribution < -0.4 is 10.7 Å². The molecule has 4 nitrogen and oxygen atoms in total. The van der Waals surface area contributed by atoms with Crippen molar-refractivity contribution in [1.29, 1.82) is 0 Å². The van der Waals surface area contributed by atoms with E-state index in [4.69, 9.17) is 4.52 Å². The summed E-state index contributed by atoms with van der Waals surface area (Å²) < 4.78 is 5.17. The number of hydrogen-bond acceptors (Lipinski definition) is 2. The zero-order chi connectivity index (χ0) is 19.3. The zero-order valence-electron chi connectivity index (χ0n) is 15.9. The van der Waals surface area contributed by atoms with Crippen molar-refractivity contribution in [2.24, 2.45) is 0 Å². The van der Waals surface area contributed by atoms with E-state index in [1.165, 1.54) is 5.56 Å². The van der Waals surface area contributed by atoms with Gasteiger partial charge in [-0.1, -0.05) is 47.3 Å². The third-order valence-corrected chi connectivity index (χ3v) is 4.47. The highest BCUT2D eigenvalue weighted by Crippen LogP contribution is 2.13. The minimum atomic E-state index is 0.797. The average molecular weight is 367 g/mol. The Morgan fingerprint density at radius 1 is 0.893 bits per heavy atom. The molecule has 138 valence electrons. The Bertz CT molecular complexity index is 1240. The lowest BCUT2D eigenvalue weighted by atomic mass is 10.2. The molecule has 0 radical (unpaired) electrons. The number of aromatic nitrogens is 3. The summed E-state index contributed by atoms with van der Waals surface area (Å²) in [6.07, 6.45) is 8.14. The maximum absolute atomic E-state index is 5.17. The van der Waals surface area contributed by atoms with Gasteiger partial charge in [-0.2, -0.15) is 0 Å². The molecule has 0 bridgehead atoms. The number of hydrogen-bond donors (Lipinski definition) is 2. The van der Waals surface area contributed by atoms with Crippen molar-refractivity contribution in [3.63, 3.8) is 0 Å². The monoisotopic (exact) mass is 367 g/mol. The molecule has 0 saturated carbocycles. The van der Waals surface area contributed by atoms with Crippen LogP contribution in [0, 0.1) is 13.8 Å². The van der Waals surface area contributed by atoms with Crippen LogP contribution in [0.15, 0.2) is 59.1 Å². The molecule has 0 unspecified atom stereocenters. The fourth-order valence-corrected chi connectivity index (χ4v) is 2.96. The van der Waals surface area contributed by atoms with Crippen LogP contribution in [0.3, 0.4) is 0 Å². The first kappa shape index (κ1) is 17.7. The van der Waals surface area contributed by atoms with Gasteiger partial charge in [-0.15, -0.1) is 0 Å². The molecular weight excluding hydrogens is 346 g/mol. The SMILES string of the molecule is Cc1noc(C)c1C=C=c1ccc(=Cc2ccc(C=Cc3ccccc3)[nH]2)[nH]1. The molecular formula is C24H21N3O. The van der Waals surface area contributed by atoms with Gasteiger partial charge in [0.15, 0.2) is 0 Å². The van der Waals surface area contributed by atoms with Crippen LogP contribution in [-0.2, 0) is 0 Å². The second-order valence-electron chi connectivity index (χ2n) is 6.61. The molecule has 0 amide bonds. The predicted octanol–water partition coefficient (Wildman–Crippen LogP) is 4.04. The molecule has 28 heavy (non-hydrogen) atoms. The normalized spacial score (nSPS) is 11.9. The summed E-state index contributed by atoms with van der Waals surface area (Å²) in [7, 11) is 0. The number of aromatic amines is 2. The quantitative estimate of drug-likeness (QED) is 0.572. The summed E-state index contributed by atoms with van der Waals surface area (Å²) in [6.45, 7) is 3.82. The van der Waals surface area contributed by atoms with Crippen LogP contribution in [0.5, 0.6) is 0 Å². The summed E-state index contributed by atoms with van der Waals surface area (Å²) in [5.41, 5.74) is 8.37. The van der Waals surface area contributed by atoms with Gasteiger partial charge in [0.25, 0.3) is 0 Å². The van der Waals surface area contributed by atoms with Crippen LogP contribution in [0.25, 0.3) is 30.0 Å². The van der Waals surface area contributed by atoms with Crippen molar-refractivity contribution in [1.82, 2.24) is 15.1 Å². The van der Waals surface area contributed by atoms with Gasteiger partial charge < -0.3 is 14.5 Å². The van der Waals surface area contributed by atoms with Crippen LogP contribution in [-0.4, -0.2) is 15.1 Å². The minimum Gasteiger partial charge on any atom is -0.361 e. The van der Waals surface area contributed by atoms with Gasteiger partial charge in [0.2, 0.25) is 0 Å². The van der Waals surface area contributed by atoms with E-state index < -0.39 is 0 Å². The molecule has 0 fully saturated rings. The number of nitrogens with zero attached hydrogens (tertiary/aromatic N) is 1. The lowest BCUT2D eigenvalue weighted by Crippen LogP contribution is -2.08. The Morgan fingerprint density at radius 3 is 2.50 bits per heavy atom. The third kappa shape index (κ3) is 4.14. The first-order valence-corrected chi connectivity index (χ1v) is 9.16. The van der Waals surface area contributed by atoms with Crippen molar-refractivity contribution in [3.05, 3.63) is 99.3 Å². The standard InChI is InChI=1S/C24H21N3O/c1-17-24(18(2)28-27-17)15-14-21-11-13-23(26-21)16-22-12-10-20(25-22)9-8-19-6-4-3-5-7-19/h3-13,15-16,25-26H,1-2H3. The summed E-state index contributed by atoms with van der Waals surface area (Å²) >= 11 is 0. The van der Waals surface area contributed by atoms with Gasteiger partial charge in [-0.25, -0.2) is 0 Å². The van der Waals surface area contributed by atoms with Crippen LogP contribution in [0.2, 0.25) is 0 Å². The highest BCUT2D eigenvalue weighted by molar-refractivity contribution is 5.69. The van der Waals surface area contributed by atoms with Gasteiger partial charge in [0.05, 0.1) is 11.0 Å². The number of rotatable bonds is 4. The lowest BCUT2D eigenvalue weighted by molar-refractivity contribution is 0.393. The van der Waals surface area contributed by atoms with Crippen molar-refractivity contribution < 1.29 is 4.52 Å². The third-order valence-electron chi connectivity index (χ3n) is 4.47. The van der Waals surface area contributed by atoms with Gasteiger partial charge >= 0.3 is 0 Å². The summed E-state index contributed by atoms with van der Waals surface area (Å²) in [4.78, 5) is 6.74. The topological polar surface area (TPSA) is 57.6 Å². The zero-order valence-corrected chi connectivity index (χ0v) is 15.9. The van der Waals surface area contributed by atoms with Crippen LogP contribution in [0.1, 0.15) is 34.0 Å². The van der Waals surface area contributed by atoms with Crippen molar-refractivity contribution >= 4 is 30.0 Å². The lowest BCUT2D eigenvalue weighted by Gasteiger charge is -1.91. The fraction of sp³-hybridized carbons (Fsp3) is 0.0833. The number of nitrogens with one attached hydrogen (secondary N) is 2. The average Bonchev–Trinajstić information content (AvgIpc) is 3.42. The summed E-state index contributed by atoms with van der Waals surface area (Å²) in [5, 5.41) is 5.87. The first-order valence-electron chi connectivity index (χ1n) is 9.16. The molecule has 4 rings (SSSR count). The maximum atomic E-state index is 5.17. The molecule has 0 spiro atoms. The van der Waals surface area contributed by atoms with E-state index in [9.17, 15) is 0 Å². The van der Waals surface area contributed by atoms with Crippen LogP contribution in [0.4, 0.5) is 0 Å². The molecule has 3 heterocycles. The van der Waals surface area contributed by atoms with Gasteiger partial charge in [0.1, 0.15) is 5.76 Å². The largest absolute Gasteiger partial charge is 0.361 e. The molecule has 1 aromatic carbocycles. The van der Waals surface area contributed by atoms with E-state index in [0.717, 1.165) is 39.1 Å². The van der Waals surface area contributed by atoms with E-state index in [1.54, 1.807) is 0 Å². The van der Waals surface area contributed by atoms with E-state index in [1.807, 2.05) is 50.3 Å². The Labute approximate surface area is 163 Å². The molecule has 2 N–H and O–H groups in total. The smallest absolute Gasteiger partial charge is 0.141 e. The molecule has 4 aromatic rings. The van der Waals surface area contributed by atoms with E-state index in [-0.39, 0.29) is 0 Å². The molecule has 0 aliphatic carbocycles. The van der Waals surface area contributed by atoms with Crippen molar-refractivity contribution in [2.75, 3.05) is 0 Å². The van der Waals surface area contributed by atoms with Gasteiger partial charge in [-0.05, 0) is 61.9 Å². The molecule has 3 aromatic heterocycles. The van der Waals surface area contributed by atoms with E-state index in [0.29, 0.717) is 0 Å². The van der Waals surface area contributed by atoms with Crippen LogP contribution >= 0.6 is 0 Å². The van der Waals surface area contributed by atoms with E-state index in [2.05, 4.69) is 63.3 Å². The second kappa shape index (κ2) is 7.87. The molecule has 0 atom stereocenters. The van der Waals surface area contributed by atoms with Gasteiger partial charge in [0, 0.05) is 22.3 Å². The Balaban J connectivity index is 1.55. The maximum Gasteiger partial charge on any atom is 0.141 e. The van der Waals surface area contributed by atoms with Gasteiger partial charge in [-0.3, -0.25) is 0 Å². The molecule has 4 heteroatoms. The molecule has 0 aliphatic heterocycles. The summed E-state index contributed by atoms with van der Waals surface area (Å²) in [6, 6.07) is 18.4. The predicted molar refractivity (Wildman–Crippen MR) is 114 cm³/mol.